The number of aromatic nitrogens is 2. The van der Waals surface area contributed by atoms with E-state index in [0.717, 1.165) is 17.5 Å². The van der Waals surface area contributed by atoms with Gasteiger partial charge in [0, 0.05) is 17.7 Å². The predicted molar refractivity (Wildman–Crippen MR) is 69.9 cm³/mol. The van der Waals surface area contributed by atoms with Crippen molar-refractivity contribution in [2.24, 2.45) is 11.8 Å². The lowest BCUT2D eigenvalue weighted by molar-refractivity contribution is 0.413. The fourth-order valence-corrected chi connectivity index (χ4v) is 4.00. The van der Waals surface area contributed by atoms with Crippen molar-refractivity contribution >= 4 is 15.8 Å². The van der Waals surface area contributed by atoms with Crippen molar-refractivity contribution in [3.05, 3.63) is 11.8 Å². The maximum Gasteiger partial charge on any atom is 0.233 e. The maximum absolute atomic E-state index is 11.5. The molecule has 5 nitrogen and oxygen atoms in total. The highest BCUT2D eigenvalue weighted by atomic mass is 32.2. The Kier molecular flexibility index (Phi) is 2.84. The van der Waals surface area contributed by atoms with Crippen molar-refractivity contribution in [3.8, 4) is 0 Å². The fourth-order valence-electron chi connectivity index (χ4n) is 3.44. The topological polar surface area (TPSA) is 74.8 Å². The van der Waals surface area contributed by atoms with Crippen molar-refractivity contribution in [3.63, 3.8) is 0 Å². The van der Waals surface area contributed by atoms with Crippen molar-refractivity contribution in [2.75, 3.05) is 10.5 Å². The van der Waals surface area contributed by atoms with Gasteiger partial charge in [-0.05, 0) is 38.0 Å². The smallest absolute Gasteiger partial charge is 0.233 e. The van der Waals surface area contributed by atoms with Crippen molar-refractivity contribution in [2.45, 2.75) is 38.5 Å². The van der Waals surface area contributed by atoms with Crippen LogP contribution in [0, 0.1) is 11.8 Å². The minimum Gasteiger partial charge on any atom is -0.280 e. The lowest BCUT2D eigenvalue weighted by Gasteiger charge is -2.19. The number of rotatable bonds is 4. The molecule has 100 valence electrons. The van der Waals surface area contributed by atoms with Crippen LogP contribution < -0.4 is 4.72 Å². The molecule has 0 amide bonds. The zero-order chi connectivity index (χ0) is 12.8. The van der Waals surface area contributed by atoms with Gasteiger partial charge in [0.1, 0.15) is 0 Å². The molecule has 2 fully saturated rings. The Labute approximate surface area is 107 Å². The minimum absolute atomic E-state index is 0.0727. The van der Waals surface area contributed by atoms with Crippen LogP contribution in [0.15, 0.2) is 6.07 Å². The second-order valence-electron chi connectivity index (χ2n) is 5.50. The number of H-pyrrole nitrogens is 1. The zero-order valence-corrected chi connectivity index (χ0v) is 11.3. The van der Waals surface area contributed by atoms with Crippen LogP contribution >= 0.6 is 0 Å². The molecule has 1 heterocycles. The first kappa shape index (κ1) is 12.0. The normalized spacial score (nSPS) is 30.8. The molecule has 18 heavy (non-hydrogen) atoms. The lowest BCUT2D eigenvalue weighted by Crippen LogP contribution is -2.14. The van der Waals surface area contributed by atoms with E-state index in [1.165, 1.54) is 25.7 Å². The molecule has 2 aliphatic rings. The molecule has 2 N–H and O–H groups in total. The summed E-state index contributed by atoms with van der Waals surface area (Å²) in [6.07, 6.45) is 5.24. The first-order valence-electron chi connectivity index (χ1n) is 6.63. The third-order valence-corrected chi connectivity index (χ3v) is 5.66. The summed E-state index contributed by atoms with van der Waals surface area (Å²) >= 11 is 0. The minimum atomic E-state index is -3.23. The molecule has 2 aliphatic carbocycles. The van der Waals surface area contributed by atoms with E-state index in [4.69, 9.17) is 0 Å². The Morgan fingerprint density at radius 2 is 2.28 bits per heavy atom. The van der Waals surface area contributed by atoms with Gasteiger partial charge in [0.25, 0.3) is 0 Å². The molecule has 0 spiro atoms. The SMILES string of the molecule is CCS(=O)(=O)Nc1cc(C2CC3CCC2C3)[nH]n1. The average molecular weight is 269 g/mol. The summed E-state index contributed by atoms with van der Waals surface area (Å²) in [6.45, 7) is 1.62. The third-order valence-electron chi connectivity index (χ3n) is 4.38. The van der Waals surface area contributed by atoms with E-state index in [9.17, 15) is 8.42 Å². The van der Waals surface area contributed by atoms with Gasteiger partial charge in [-0.15, -0.1) is 0 Å². The van der Waals surface area contributed by atoms with Gasteiger partial charge < -0.3 is 0 Å². The fraction of sp³-hybridized carbons (Fsp3) is 0.750. The Morgan fingerprint density at radius 3 is 2.89 bits per heavy atom. The average Bonchev–Trinajstić information content (AvgIpc) is 3.02. The Balaban J connectivity index is 1.74. The van der Waals surface area contributed by atoms with Gasteiger partial charge in [-0.2, -0.15) is 5.10 Å². The van der Waals surface area contributed by atoms with E-state index in [0.29, 0.717) is 11.7 Å². The van der Waals surface area contributed by atoms with Gasteiger partial charge in [-0.3, -0.25) is 9.82 Å². The highest BCUT2D eigenvalue weighted by molar-refractivity contribution is 7.92. The first-order valence-corrected chi connectivity index (χ1v) is 8.28. The zero-order valence-electron chi connectivity index (χ0n) is 10.5. The predicted octanol–water partition coefficient (Wildman–Crippen LogP) is 2.07. The molecular weight excluding hydrogens is 250 g/mol. The summed E-state index contributed by atoms with van der Waals surface area (Å²) in [6, 6.07) is 1.86. The van der Waals surface area contributed by atoms with Crippen molar-refractivity contribution in [1.29, 1.82) is 0 Å². The summed E-state index contributed by atoms with van der Waals surface area (Å²) in [7, 11) is -3.23. The second-order valence-corrected chi connectivity index (χ2v) is 7.51. The van der Waals surface area contributed by atoms with Gasteiger partial charge in [0.2, 0.25) is 10.0 Å². The maximum atomic E-state index is 11.5. The Morgan fingerprint density at radius 1 is 1.44 bits per heavy atom. The van der Waals surface area contributed by atoms with Crippen LogP contribution in [0.3, 0.4) is 0 Å². The molecular formula is C12H19N3O2S. The van der Waals surface area contributed by atoms with Crippen molar-refractivity contribution < 1.29 is 8.42 Å². The summed E-state index contributed by atoms with van der Waals surface area (Å²) in [5, 5.41) is 7.06. The van der Waals surface area contributed by atoms with Crippen LogP contribution in [0.2, 0.25) is 0 Å². The molecule has 0 aromatic carbocycles. The number of sulfonamides is 1. The van der Waals surface area contributed by atoms with Gasteiger partial charge >= 0.3 is 0 Å². The molecule has 0 radical (unpaired) electrons. The Hall–Kier alpha value is -1.04. The van der Waals surface area contributed by atoms with E-state index in [1.807, 2.05) is 6.07 Å². The largest absolute Gasteiger partial charge is 0.280 e. The van der Waals surface area contributed by atoms with Gasteiger partial charge in [-0.1, -0.05) is 6.42 Å². The van der Waals surface area contributed by atoms with E-state index in [2.05, 4.69) is 14.9 Å². The number of aromatic amines is 1. The van der Waals surface area contributed by atoms with Crippen LogP contribution in [0.25, 0.3) is 0 Å². The molecule has 0 saturated heterocycles. The monoisotopic (exact) mass is 269 g/mol. The molecule has 0 aliphatic heterocycles. The van der Waals surface area contributed by atoms with Crippen LogP contribution in [0.4, 0.5) is 5.82 Å². The van der Waals surface area contributed by atoms with Crippen LogP contribution in [0.1, 0.15) is 44.2 Å². The standard InChI is InChI=1S/C12H19N3O2S/c1-2-18(16,17)15-12-7-11(13-14-12)10-6-8-3-4-9(10)5-8/h7-10H,2-6H2,1H3,(H2,13,14,15). The molecule has 3 unspecified atom stereocenters. The number of nitrogens with zero attached hydrogens (tertiary/aromatic N) is 1. The van der Waals surface area contributed by atoms with E-state index in [-0.39, 0.29) is 5.75 Å². The van der Waals surface area contributed by atoms with Crippen molar-refractivity contribution in [1.82, 2.24) is 10.2 Å². The molecule has 2 saturated carbocycles. The summed E-state index contributed by atoms with van der Waals surface area (Å²) in [4.78, 5) is 0. The number of hydrogen-bond donors (Lipinski definition) is 2. The van der Waals surface area contributed by atoms with Gasteiger partial charge in [-0.25, -0.2) is 8.42 Å². The van der Waals surface area contributed by atoms with Crippen LogP contribution in [-0.4, -0.2) is 24.4 Å². The quantitative estimate of drug-likeness (QED) is 0.878. The molecule has 1 aromatic heterocycles. The molecule has 2 bridgehead atoms. The lowest BCUT2D eigenvalue weighted by atomic mass is 9.86. The molecule has 1 aromatic rings. The van der Waals surface area contributed by atoms with E-state index in [1.54, 1.807) is 6.92 Å². The second kappa shape index (κ2) is 4.26. The third kappa shape index (κ3) is 2.13. The molecule has 3 rings (SSSR count). The number of hydrogen-bond acceptors (Lipinski definition) is 3. The number of anilines is 1. The summed E-state index contributed by atoms with van der Waals surface area (Å²) in [5.41, 5.74) is 1.09. The Bertz CT molecular complexity index is 537. The van der Waals surface area contributed by atoms with E-state index >= 15 is 0 Å². The van der Waals surface area contributed by atoms with Crippen LogP contribution in [0.5, 0.6) is 0 Å². The van der Waals surface area contributed by atoms with Gasteiger partial charge in [0.05, 0.1) is 5.75 Å². The number of nitrogens with one attached hydrogen (secondary N) is 2. The van der Waals surface area contributed by atoms with Crippen LogP contribution in [-0.2, 0) is 10.0 Å². The van der Waals surface area contributed by atoms with E-state index < -0.39 is 10.0 Å². The summed E-state index contributed by atoms with van der Waals surface area (Å²) in [5.74, 6) is 2.69. The molecule has 3 atom stereocenters. The van der Waals surface area contributed by atoms with Gasteiger partial charge in [0.15, 0.2) is 5.82 Å². The first-order chi connectivity index (χ1) is 8.57. The highest BCUT2D eigenvalue weighted by Crippen LogP contribution is 2.52. The number of fused-ring (bicyclic) bond motifs is 2. The highest BCUT2D eigenvalue weighted by Gasteiger charge is 2.40. The summed E-state index contributed by atoms with van der Waals surface area (Å²) < 4.78 is 25.4. The molecule has 6 heteroatoms.